The highest BCUT2D eigenvalue weighted by atomic mass is 16.1. The Bertz CT molecular complexity index is 172. The van der Waals surface area contributed by atoms with Gasteiger partial charge in [-0.05, 0) is 24.7 Å². The number of aldehydes is 1. The SMILES string of the molecule is C[C@H](C=O)[C@@]1(C)C=CCCC1. The molecular formula is C10H16O. The number of hydrogen-bond donors (Lipinski definition) is 0. The zero-order valence-corrected chi connectivity index (χ0v) is 7.34. The van der Waals surface area contributed by atoms with Gasteiger partial charge in [0.2, 0.25) is 0 Å². The maximum Gasteiger partial charge on any atom is 0.123 e. The maximum atomic E-state index is 10.6. The van der Waals surface area contributed by atoms with Crippen LogP contribution in [0.3, 0.4) is 0 Å². The third-order valence-electron chi connectivity index (χ3n) is 2.83. The van der Waals surface area contributed by atoms with Crippen molar-refractivity contribution in [3.63, 3.8) is 0 Å². The van der Waals surface area contributed by atoms with Gasteiger partial charge >= 0.3 is 0 Å². The maximum absolute atomic E-state index is 10.6. The van der Waals surface area contributed by atoms with Crippen molar-refractivity contribution in [2.75, 3.05) is 0 Å². The largest absolute Gasteiger partial charge is 0.303 e. The van der Waals surface area contributed by atoms with Crippen LogP contribution in [0, 0.1) is 11.3 Å². The van der Waals surface area contributed by atoms with Crippen LogP contribution in [-0.2, 0) is 4.79 Å². The molecule has 0 heterocycles. The Morgan fingerprint density at radius 1 is 1.64 bits per heavy atom. The van der Waals surface area contributed by atoms with Crippen molar-refractivity contribution in [3.05, 3.63) is 12.2 Å². The molecule has 0 aromatic heterocycles. The van der Waals surface area contributed by atoms with Crippen LogP contribution in [0.1, 0.15) is 33.1 Å². The monoisotopic (exact) mass is 152 g/mol. The number of hydrogen-bond acceptors (Lipinski definition) is 1. The second-order valence-electron chi connectivity index (χ2n) is 3.73. The highest BCUT2D eigenvalue weighted by Crippen LogP contribution is 2.36. The minimum atomic E-state index is 0.139. The number of carbonyl (C=O) groups is 1. The Morgan fingerprint density at radius 3 is 2.82 bits per heavy atom. The molecule has 0 N–H and O–H groups in total. The lowest BCUT2D eigenvalue weighted by atomic mass is 9.72. The van der Waals surface area contributed by atoms with Crippen molar-refractivity contribution < 1.29 is 4.79 Å². The van der Waals surface area contributed by atoms with Crippen molar-refractivity contribution in [1.82, 2.24) is 0 Å². The van der Waals surface area contributed by atoms with Gasteiger partial charge in [-0.3, -0.25) is 0 Å². The first-order valence-electron chi connectivity index (χ1n) is 4.32. The molecule has 1 aliphatic carbocycles. The molecule has 0 bridgehead atoms. The van der Waals surface area contributed by atoms with E-state index in [0.29, 0.717) is 0 Å². The second-order valence-corrected chi connectivity index (χ2v) is 3.73. The second kappa shape index (κ2) is 3.21. The summed E-state index contributed by atoms with van der Waals surface area (Å²) in [6.07, 6.45) is 9.03. The van der Waals surface area contributed by atoms with E-state index >= 15 is 0 Å². The van der Waals surface area contributed by atoms with E-state index in [-0.39, 0.29) is 11.3 Å². The molecule has 11 heavy (non-hydrogen) atoms. The molecule has 0 aliphatic heterocycles. The van der Waals surface area contributed by atoms with Crippen LogP contribution in [0.15, 0.2) is 12.2 Å². The van der Waals surface area contributed by atoms with Crippen molar-refractivity contribution in [3.8, 4) is 0 Å². The summed E-state index contributed by atoms with van der Waals surface area (Å²) in [6.45, 7) is 4.17. The van der Waals surface area contributed by atoms with Gasteiger partial charge in [-0.2, -0.15) is 0 Å². The lowest BCUT2D eigenvalue weighted by Crippen LogP contribution is -2.25. The molecule has 2 atom stereocenters. The van der Waals surface area contributed by atoms with E-state index in [9.17, 15) is 4.79 Å². The summed E-state index contributed by atoms with van der Waals surface area (Å²) in [5.41, 5.74) is 0.139. The normalized spacial score (nSPS) is 33.3. The third kappa shape index (κ3) is 1.70. The molecule has 0 saturated heterocycles. The molecule has 1 heteroatoms. The lowest BCUT2D eigenvalue weighted by Gasteiger charge is -2.31. The first kappa shape index (κ1) is 8.51. The average Bonchev–Trinajstić information content (AvgIpc) is 2.04. The van der Waals surface area contributed by atoms with E-state index in [4.69, 9.17) is 0 Å². The lowest BCUT2D eigenvalue weighted by molar-refractivity contribution is -0.113. The summed E-state index contributed by atoms with van der Waals surface area (Å²) in [5, 5.41) is 0. The molecule has 0 amide bonds. The summed E-state index contributed by atoms with van der Waals surface area (Å²) in [7, 11) is 0. The van der Waals surface area contributed by atoms with E-state index in [2.05, 4.69) is 19.1 Å². The summed E-state index contributed by atoms with van der Waals surface area (Å²) in [4.78, 5) is 10.6. The van der Waals surface area contributed by atoms with E-state index in [1.165, 1.54) is 12.8 Å². The molecule has 0 aromatic carbocycles. The zero-order valence-electron chi connectivity index (χ0n) is 7.34. The van der Waals surface area contributed by atoms with E-state index in [1.807, 2.05) is 6.92 Å². The Balaban J connectivity index is 2.71. The van der Waals surface area contributed by atoms with Gasteiger partial charge in [0.1, 0.15) is 6.29 Å². The number of carbonyl (C=O) groups excluding carboxylic acids is 1. The van der Waals surface area contributed by atoms with Crippen LogP contribution in [0.4, 0.5) is 0 Å². The average molecular weight is 152 g/mol. The summed E-state index contributed by atoms with van der Waals surface area (Å²) >= 11 is 0. The van der Waals surface area contributed by atoms with Gasteiger partial charge in [-0.1, -0.05) is 26.0 Å². The van der Waals surface area contributed by atoms with E-state index < -0.39 is 0 Å². The predicted molar refractivity (Wildman–Crippen MR) is 46.3 cm³/mol. The number of rotatable bonds is 2. The highest BCUT2D eigenvalue weighted by Gasteiger charge is 2.28. The molecule has 1 aliphatic rings. The van der Waals surface area contributed by atoms with Crippen molar-refractivity contribution in [2.24, 2.45) is 11.3 Å². The smallest absolute Gasteiger partial charge is 0.123 e. The Labute approximate surface area is 68.5 Å². The molecule has 0 saturated carbocycles. The van der Waals surface area contributed by atoms with Crippen LogP contribution in [0.25, 0.3) is 0 Å². The third-order valence-corrected chi connectivity index (χ3v) is 2.83. The van der Waals surface area contributed by atoms with Crippen LogP contribution < -0.4 is 0 Å². The molecule has 0 unspecified atom stereocenters. The molecule has 1 rings (SSSR count). The molecule has 0 aromatic rings. The first-order valence-corrected chi connectivity index (χ1v) is 4.32. The Morgan fingerprint density at radius 2 is 2.36 bits per heavy atom. The van der Waals surface area contributed by atoms with Crippen LogP contribution in [-0.4, -0.2) is 6.29 Å². The van der Waals surface area contributed by atoms with Gasteiger partial charge < -0.3 is 4.79 Å². The molecule has 0 fully saturated rings. The van der Waals surface area contributed by atoms with Gasteiger partial charge in [0.05, 0.1) is 0 Å². The molecule has 62 valence electrons. The van der Waals surface area contributed by atoms with Crippen LogP contribution in [0.2, 0.25) is 0 Å². The predicted octanol–water partition coefficient (Wildman–Crippen LogP) is 2.57. The van der Waals surface area contributed by atoms with E-state index in [0.717, 1.165) is 12.7 Å². The first-order chi connectivity index (χ1) is 5.19. The van der Waals surface area contributed by atoms with Gasteiger partial charge in [0.25, 0.3) is 0 Å². The number of allylic oxidation sites excluding steroid dienone is 2. The standard InChI is InChI=1S/C10H16O/c1-9(8-11)10(2)6-4-3-5-7-10/h4,6,8-9H,3,5,7H2,1-2H3/t9-,10+/m1/s1. The van der Waals surface area contributed by atoms with Gasteiger partial charge in [0, 0.05) is 5.92 Å². The molecule has 0 spiro atoms. The molecular weight excluding hydrogens is 136 g/mol. The Kier molecular flexibility index (Phi) is 2.48. The van der Waals surface area contributed by atoms with Crippen molar-refractivity contribution in [1.29, 1.82) is 0 Å². The van der Waals surface area contributed by atoms with Crippen LogP contribution in [0.5, 0.6) is 0 Å². The minimum absolute atomic E-state index is 0.139. The minimum Gasteiger partial charge on any atom is -0.303 e. The quantitative estimate of drug-likeness (QED) is 0.439. The summed E-state index contributed by atoms with van der Waals surface area (Å²) < 4.78 is 0. The fourth-order valence-corrected chi connectivity index (χ4v) is 1.57. The highest BCUT2D eigenvalue weighted by molar-refractivity contribution is 5.55. The summed E-state index contributed by atoms with van der Waals surface area (Å²) in [6, 6.07) is 0. The van der Waals surface area contributed by atoms with Gasteiger partial charge in [-0.15, -0.1) is 0 Å². The molecule has 1 nitrogen and oxygen atoms in total. The molecule has 0 radical (unpaired) electrons. The van der Waals surface area contributed by atoms with Gasteiger partial charge in [0.15, 0.2) is 0 Å². The van der Waals surface area contributed by atoms with Gasteiger partial charge in [-0.25, -0.2) is 0 Å². The fourth-order valence-electron chi connectivity index (χ4n) is 1.57. The Hall–Kier alpha value is -0.590. The topological polar surface area (TPSA) is 17.1 Å². The van der Waals surface area contributed by atoms with Crippen molar-refractivity contribution in [2.45, 2.75) is 33.1 Å². The fraction of sp³-hybridized carbons (Fsp3) is 0.700. The summed E-state index contributed by atoms with van der Waals surface area (Å²) in [5.74, 6) is 0.166. The van der Waals surface area contributed by atoms with E-state index in [1.54, 1.807) is 0 Å². The van der Waals surface area contributed by atoms with Crippen molar-refractivity contribution >= 4 is 6.29 Å². The zero-order chi connectivity index (χ0) is 8.32. The van der Waals surface area contributed by atoms with Crippen LogP contribution >= 0.6 is 0 Å².